The highest BCUT2D eigenvalue weighted by atomic mass is 16.6. The van der Waals surface area contributed by atoms with Crippen molar-refractivity contribution in [1.29, 1.82) is 0 Å². The van der Waals surface area contributed by atoms with Gasteiger partial charge in [-0.3, -0.25) is 9.59 Å². The minimum absolute atomic E-state index is 0.0317. The molecule has 186 valence electrons. The van der Waals surface area contributed by atoms with Crippen LogP contribution in [0.4, 0.5) is 0 Å². The fourth-order valence-corrected chi connectivity index (χ4v) is 7.32. The standard InChI is InChI=1S/C27H36O7/c1-8-13(2)24(31)33-23-15(4)26(32)19-9-14(3)21(30)18(19)10-17(12-28)11-20(26)22-25(6,7)27(22,23)34-16(5)29/h8-9,11,15,18-20,22-23,28,32H,10,12H2,1-7H3/b13-8+/t15-,18-,19-,20-,22+,23+,26+,27-/m1/s1. The highest BCUT2D eigenvalue weighted by Gasteiger charge is 2.87. The van der Waals surface area contributed by atoms with Crippen molar-refractivity contribution in [2.45, 2.75) is 72.2 Å². The lowest BCUT2D eigenvalue weighted by atomic mass is 9.60. The summed E-state index contributed by atoms with van der Waals surface area (Å²) in [6.45, 7) is 12.0. The molecule has 0 aromatic heterocycles. The highest BCUT2D eigenvalue weighted by Crippen LogP contribution is 2.76. The van der Waals surface area contributed by atoms with Gasteiger partial charge in [-0.05, 0) is 38.3 Å². The maximum atomic E-state index is 13.0. The molecule has 4 aliphatic rings. The van der Waals surface area contributed by atoms with Gasteiger partial charge in [0.1, 0.15) is 6.10 Å². The number of ketones is 1. The van der Waals surface area contributed by atoms with Crippen LogP contribution in [0.25, 0.3) is 0 Å². The number of hydrogen-bond acceptors (Lipinski definition) is 7. The molecule has 0 aliphatic heterocycles. The topological polar surface area (TPSA) is 110 Å². The summed E-state index contributed by atoms with van der Waals surface area (Å²) in [5, 5.41) is 22.6. The van der Waals surface area contributed by atoms with Gasteiger partial charge in [0.05, 0.1) is 12.2 Å². The third kappa shape index (κ3) is 3.05. The van der Waals surface area contributed by atoms with Crippen LogP contribution in [0.1, 0.15) is 54.9 Å². The van der Waals surface area contributed by atoms with E-state index in [1.807, 2.05) is 32.9 Å². The molecule has 34 heavy (non-hydrogen) atoms. The number of carbonyl (C=O) groups excluding carboxylic acids is 3. The molecule has 2 N–H and O–H groups in total. The zero-order valence-electron chi connectivity index (χ0n) is 21.0. The number of ether oxygens (including phenoxy) is 2. The fourth-order valence-electron chi connectivity index (χ4n) is 7.32. The summed E-state index contributed by atoms with van der Waals surface area (Å²) in [6.07, 6.45) is 4.83. The van der Waals surface area contributed by atoms with E-state index in [1.165, 1.54) is 6.92 Å². The molecule has 0 radical (unpaired) electrons. The van der Waals surface area contributed by atoms with Gasteiger partial charge in [0.2, 0.25) is 0 Å². The Kier molecular flexibility index (Phi) is 5.77. The number of aliphatic hydroxyl groups is 2. The van der Waals surface area contributed by atoms with E-state index in [2.05, 4.69) is 0 Å². The summed E-state index contributed by atoms with van der Waals surface area (Å²) in [7, 11) is 0. The third-order valence-corrected chi connectivity index (χ3v) is 9.19. The zero-order valence-corrected chi connectivity index (χ0v) is 21.0. The summed E-state index contributed by atoms with van der Waals surface area (Å²) in [5.41, 5.74) is -1.47. The second-order valence-electron chi connectivity index (χ2n) is 11.1. The van der Waals surface area contributed by atoms with E-state index in [1.54, 1.807) is 26.8 Å². The monoisotopic (exact) mass is 472 g/mol. The van der Waals surface area contributed by atoms with Crippen molar-refractivity contribution in [2.75, 3.05) is 6.61 Å². The molecule has 0 unspecified atom stereocenters. The molecule has 2 saturated carbocycles. The lowest BCUT2D eigenvalue weighted by Gasteiger charge is -2.52. The van der Waals surface area contributed by atoms with Crippen molar-refractivity contribution < 1.29 is 34.1 Å². The van der Waals surface area contributed by atoms with Gasteiger partial charge < -0.3 is 19.7 Å². The fraction of sp³-hybridized carbons (Fsp3) is 0.667. The van der Waals surface area contributed by atoms with Crippen LogP contribution in [0.3, 0.4) is 0 Å². The quantitative estimate of drug-likeness (QED) is 0.368. The lowest BCUT2D eigenvalue weighted by Crippen LogP contribution is -2.63. The van der Waals surface area contributed by atoms with E-state index in [-0.39, 0.29) is 18.3 Å². The van der Waals surface area contributed by atoms with Gasteiger partial charge in [-0.1, -0.05) is 39.0 Å². The predicted molar refractivity (Wildman–Crippen MR) is 124 cm³/mol. The summed E-state index contributed by atoms with van der Waals surface area (Å²) < 4.78 is 12.0. The zero-order chi connectivity index (χ0) is 25.4. The maximum absolute atomic E-state index is 13.0. The van der Waals surface area contributed by atoms with E-state index in [0.717, 1.165) is 0 Å². The molecule has 0 heterocycles. The molecule has 0 aromatic rings. The van der Waals surface area contributed by atoms with Gasteiger partial charge in [-0.15, -0.1) is 0 Å². The Hall–Kier alpha value is -2.25. The van der Waals surface area contributed by atoms with Crippen LogP contribution in [0, 0.1) is 35.0 Å². The van der Waals surface area contributed by atoms with Crippen molar-refractivity contribution in [2.24, 2.45) is 35.0 Å². The Morgan fingerprint density at radius 3 is 2.41 bits per heavy atom. The van der Waals surface area contributed by atoms with Gasteiger partial charge in [0.25, 0.3) is 0 Å². The number of fused-ring (bicyclic) bond motifs is 5. The van der Waals surface area contributed by atoms with Gasteiger partial charge in [0, 0.05) is 47.5 Å². The Morgan fingerprint density at radius 1 is 1.21 bits per heavy atom. The number of allylic oxidation sites excluding steroid dienone is 2. The second-order valence-corrected chi connectivity index (χ2v) is 11.1. The van der Waals surface area contributed by atoms with E-state index < -0.39 is 58.3 Å². The van der Waals surface area contributed by atoms with Crippen molar-refractivity contribution in [3.05, 3.63) is 34.9 Å². The first-order valence-corrected chi connectivity index (χ1v) is 12.1. The summed E-state index contributed by atoms with van der Waals surface area (Å²) in [4.78, 5) is 38.3. The molecule has 0 aromatic carbocycles. The number of aliphatic hydroxyl groups excluding tert-OH is 1. The van der Waals surface area contributed by atoms with Gasteiger partial charge >= 0.3 is 11.9 Å². The number of carbonyl (C=O) groups is 3. The molecule has 4 aliphatic carbocycles. The molecule has 0 spiro atoms. The molecule has 2 fully saturated rings. The smallest absolute Gasteiger partial charge is 0.333 e. The first-order chi connectivity index (χ1) is 15.8. The summed E-state index contributed by atoms with van der Waals surface area (Å²) in [5.74, 6) is -3.55. The SMILES string of the molecule is C/C=C(\C)C(=O)O[C@H]1[C@@H](C)[C@]2(O)[C@@H]3C=C(C)C(=O)[C@@H]3CC(CO)=C[C@@H]2[C@H]2C(C)(C)[C@]12OC(C)=O. The lowest BCUT2D eigenvalue weighted by molar-refractivity contribution is -0.218. The Bertz CT molecular complexity index is 1030. The van der Waals surface area contributed by atoms with Crippen LogP contribution in [-0.4, -0.2) is 51.8 Å². The normalized spacial score (nSPS) is 42.4. The van der Waals surface area contributed by atoms with Crippen LogP contribution in [-0.2, 0) is 23.9 Å². The predicted octanol–water partition coefficient (Wildman–Crippen LogP) is 2.90. The van der Waals surface area contributed by atoms with Gasteiger partial charge in [-0.25, -0.2) is 4.79 Å². The van der Waals surface area contributed by atoms with E-state index in [0.29, 0.717) is 23.1 Å². The van der Waals surface area contributed by atoms with Crippen LogP contribution in [0.5, 0.6) is 0 Å². The van der Waals surface area contributed by atoms with Gasteiger partial charge in [-0.2, -0.15) is 0 Å². The molecule has 7 nitrogen and oxygen atoms in total. The number of Topliss-reactive ketones (excluding diaryl/α,β-unsaturated/α-hetero) is 1. The van der Waals surface area contributed by atoms with Crippen molar-refractivity contribution >= 4 is 17.7 Å². The molecule has 0 bridgehead atoms. The Morgan fingerprint density at radius 2 is 1.85 bits per heavy atom. The van der Waals surface area contributed by atoms with Gasteiger partial charge in [0.15, 0.2) is 11.4 Å². The van der Waals surface area contributed by atoms with Crippen LogP contribution < -0.4 is 0 Å². The number of rotatable bonds is 4. The number of esters is 2. The summed E-state index contributed by atoms with van der Waals surface area (Å²) >= 11 is 0. The average Bonchev–Trinajstić information content (AvgIpc) is 3.16. The van der Waals surface area contributed by atoms with Crippen molar-refractivity contribution in [1.82, 2.24) is 0 Å². The first-order valence-electron chi connectivity index (χ1n) is 12.1. The van der Waals surface area contributed by atoms with Crippen LogP contribution in [0.15, 0.2) is 34.9 Å². The summed E-state index contributed by atoms with van der Waals surface area (Å²) in [6, 6.07) is 0. The molecule has 0 saturated heterocycles. The van der Waals surface area contributed by atoms with Crippen molar-refractivity contribution in [3.63, 3.8) is 0 Å². The Labute approximate surface area is 200 Å². The molecular formula is C27H36O7. The molecule has 7 heteroatoms. The van der Waals surface area contributed by atoms with Crippen LogP contribution in [0.2, 0.25) is 0 Å². The molecular weight excluding hydrogens is 436 g/mol. The average molecular weight is 473 g/mol. The van der Waals surface area contributed by atoms with E-state index in [9.17, 15) is 24.6 Å². The molecule has 0 amide bonds. The minimum atomic E-state index is -1.44. The minimum Gasteiger partial charge on any atom is -0.454 e. The van der Waals surface area contributed by atoms with E-state index in [4.69, 9.17) is 9.47 Å². The molecule has 4 rings (SSSR count). The second kappa shape index (κ2) is 7.89. The molecule has 8 atom stereocenters. The third-order valence-electron chi connectivity index (χ3n) is 9.19. The highest BCUT2D eigenvalue weighted by molar-refractivity contribution is 6.00. The Balaban J connectivity index is 1.92. The first kappa shape index (κ1) is 24.9. The van der Waals surface area contributed by atoms with Crippen LogP contribution >= 0.6 is 0 Å². The number of hydrogen-bond donors (Lipinski definition) is 2. The largest absolute Gasteiger partial charge is 0.454 e. The maximum Gasteiger partial charge on any atom is 0.333 e. The van der Waals surface area contributed by atoms with E-state index >= 15 is 0 Å². The van der Waals surface area contributed by atoms with Crippen molar-refractivity contribution in [3.8, 4) is 0 Å².